The van der Waals surface area contributed by atoms with Crippen molar-refractivity contribution >= 4 is 17.2 Å². The van der Waals surface area contributed by atoms with E-state index in [0.717, 1.165) is 38.0 Å². The summed E-state index contributed by atoms with van der Waals surface area (Å²) in [6.45, 7) is 3.95. The Morgan fingerprint density at radius 2 is 2.26 bits per heavy atom. The predicted molar refractivity (Wildman–Crippen MR) is 89.1 cm³/mol. The summed E-state index contributed by atoms with van der Waals surface area (Å²) in [5, 5.41) is 13.7. The summed E-state index contributed by atoms with van der Waals surface area (Å²) in [5.41, 5.74) is 0.804. The van der Waals surface area contributed by atoms with Crippen molar-refractivity contribution in [1.82, 2.24) is 10.2 Å². The van der Waals surface area contributed by atoms with Crippen molar-refractivity contribution in [2.24, 2.45) is 0 Å². The van der Waals surface area contributed by atoms with Crippen LogP contribution in [0.4, 0.5) is 0 Å². The lowest BCUT2D eigenvalue weighted by atomic mass is 9.91. The fourth-order valence-corrected chi connectivity index (χ4v) is 3.95. The molecule has 0 atom stereocenters. The number of rotatable bonds is 2. The zero-order valence-corrected chi connectivity index (χ0v) is 14.0. The van der Waals surface area contributed by atoms with Crippen molar-refractivity contribution < 1.29 is 14.6 Å². The van der Waals surface area contributed by atoms with Crippen LogP contribution in [-0.4, -0.2) is 54.4 Å². The van der Waals surface area contributed by atoms with Crippen molar-refractivity contribution in [3.63, 3.8) is 0 Å². The third kappa shape index (κ3) is 4.33. The van der Waals surface area contributed by atoms with Crippen LogP contribution in [0, 0.1) is 11.8 Å². The highest BCUT2D eigenvalue weighted by atomic mass is 32.1. The first-order valence-corrected chi connectivity index (χ1v) is 8.87. The molecule has 0 unspecified atom stereocenters. The average molecular weight is 334 g/mol. The minimum atomic E-state index is -0.171. The first-order chi connectivity index (χ1) is 11.2. The highest BCUT2D eigenvalue weighted by molar-refractivity contribution is 7.10. The van der Waals surface area contributed by atoms with Crippen LogP contribution in [0.15, 0.2) is 11.4 Å². The van der Waals surface area contributed by atoms with Gasteiger partial charge in [0.15, 0.2) is 0 Å². The zero-order valence-electron chi connectivity index (χ0n) is 13.1. The van der Waals surface area contributed by atoms with Gasteiger partial charge in [-0.2, -0.15) is 0 Å². The van der Waals surface area contributed by atoms with Gasteiger partial charge in [-0.3, -0.25) is 9.69 Å². The number of hydrogen-bond donors (Lipinski definition) is 2. The number of thiophene rings is 1. The second kappa shape index (κ2) is 7.45. The molecule has 1 amide bonds. The largest absolute Gasteiger partial charge is 0.384 e. The lowest BCUT2D eigenvalue weighted by Crippen LogP contribution is -2.50. The molecular weight excluding hydrogens is 312 g/mol. The molecule has 6 heteroatoms. The number of carbonyl (C=O) groups is 1. The number of aliphatic hydroxyl groups excluding tert-OH is 1. The molecule has 2 fully saturated rings. The molecule has 0 bridgehead atoms. The Kier molecular flexibility index (Phi) is 5.34. The lowest BCUT2D eigenvalue weighted by Gasteiger charge is -2.40. The Morgan fingerprint density at radius 1 is 1.43 bits per heavy atom. The van der Waals surface area contributed by atoms with Crippen LogP contribution in [0.5, 0.6) is 0 Å². The first-order valence-electron chi connectivity index (χ1n) is 7.99. The number of piperidine rings is 1. The third-order valence-electron chi connectivity index (χ3n) is 4.46. The number of nitrogens with zero attached hydrogens (tertiary/aromatic N) is 1. The second-order valence-electron chi connectivity index (χ2n) is 6.10. The molecule has 3 heterocycles. The summed E-state index contributed by atoms with van der Waals surface area (Å²) in [4.78, 5) is 15.2. The van der Waals surface area contributed by atoms with Gasteiger partial charge in [0.2, 0.25) is 5.91 Å². The van der Waals surface area contributed by atoms with Crippen molar-refractivity contribution in [3.05, 3.63) is 21.9 Å². The van der Waals surface area contributed by atoms with Crippen LogP contribution in [-0.2, 0) is 16.1 Å². The van der Waals surface area contributed by atoms with Gasteiger partial charge in [-0.25, -0.2) is 0 Å². The maximum absolute atomic E-state index is 11.5. The van der Waals surface area contributed by atoms with Gasteiger partial charge in [-0.05, 0) is 18.9 Å². The Hall–Kier alpha value is -1.39. The first kappa shape index (κ1) is 16.5. The molecule has 124 valence electrons. The summed E-state index contributed by atoms with van der Waals surface area (Å²) in [7, 11) is 0. The van der Waals surface area contributed by atoms with E-state index in [2.05, 4.69) is 28.1 Å². The third-order valence-corrected chi connectivity index (χ3v) is 5.38. The van der Waals surface area contributed by atoms with Gasteiger partial charge in [-0.1, -0.05) is 11.8 Å². The fourth-order valence-electron chi connectivity index (χ4n) is 3.09. The molecule has 0 radical (unpaired) electrons. The predicted octanol–water partition coefficient (Wildman–Crippen LogP) is 0.963. The molecule has 2 saturated heterocycles. The van der Waals surface area contributed by atoms with Crippen LogP contribution >= 0.6 is 11.3 Å². The van der Waals surface area contributed by atoms with Crippen LogP contribution in [0.2, 0.25) is 0 Å². The molecular formula is C17H22N2O3S. The molecule has 2 aliphatic heterocycles. The maximum atomic E-state index is 11.5. The van der Waals surface area contributed by atoms with E-state index in [1.54, 1.807) is 11.3 Å². The maximum Gasteiger partial charge on any atom is 0.222 e. The molecule has 0 saturated carbocycles. The normalized spacial score (nSPS) is 21.3. The van der Waals surface area contributed by atoms with E-state index in [1.807, 2.05) is 5.38 Å². The average Bonchev–Trinajstić information content (AvgIpc) is 2.92. The van der Waals surface area contributed by atoms with E-state index >= 15 is 0 Å². The Morgan fingerprint density at radius 3 is 3.04 bits per heavy atom. The van der Waals surface area contributed by atoms with Gasteiger partial charge < -0.3 is 15.2 Å². The van der Waals surface area contributed by atoms with E-state index in [0.29, 0.717) is 19.6 Å². The summed E-state index contributed by atoms with van der Waals surface area (Å²) in [6.07, 6.45) is 2.38. The van der Waals surface area contributed by atoms with Crippen molar-refractivity contribution in [2.75, 3.05) is 32.8 Å². The van der Waals surface area contributed by atoms with Gasteiger partial charge in [0, 0.05) is 48.4 Å². The number of amides is 1. The Labute approximate surface area is 140 Å². The van der Waals surface area contributed by atoms with Gasteiger partial charge in [0.25, 0.3) is 0 Å². The molecule has 1 spiro atoms. The molecule has 2 N–H and O–H groups in total. The van der Waals surface area contributed by atoms with E-state index < -0.39 is 0 Å². The number of likely N-dealkylation sites (tertiary alicyclic amines) is 1. The Bertz CT molecular complexity index is 609. The fraction of sp³-hybridized carbons (Fsp3) is 0.588. The van der Waals surface area contributed by atoms with Crippen molar-refractivity contribution in [2.45, 2.75) is 31.4 Å². The smallest absolute Gasteiger partial charge is 0.222 e. The summed E-state index contributed by atoms with van der Waals surface area (Å²) >= 11 is 1.71. The highest BCUT2D eigenvalue weighted by Gasteiger charge is 2.37. The molecule has 0 aromatic carbocycles. The quantitative estimate of drug-likeness (QED) is 0.791. The molecule has 2 aliphatic rings. The monoisotopic (exact) mass is 334 g/mol. The molecule has 1 aromatic rings. The van der Waals surface area contributed by atoms with E-state index in [4.69, 9.17) is 9.84 Å². The minimum absolute atomic E-state index is 0.0967. The summed E-state index contributed by atoms with van der Waals surface area (Å²) < 4.78 is 6.00. The van der Waals surface area contributed by atoms with Gasteiger partial charge in [0.05, 0.1) is 12.2 Å². The number of carbonyl (C=O) groups excluding carboxylic acids is 1. The molecule has 23 heavy (non-hydrogen) atoms. The lowest BCUT2D eigenvalue weighted by molar-refractivity contribution is -0.120. The number of ether oxygens (including phenoxy) is 1. The molecule has 1 aromatic heterocycles. The molecule has 5 nitrogen and oxygen atoms in total. The van der Waals surface area contributed by atoms with Crippen LogP contribution in [0.25, 0.3) is 0 Å². The molecule has 0 aliphatic carbocycles. The van der Waals surface area contributed by atoms with Crippen LogP contribution in [0.3, 0.4) is 0 Å². The van der Waals surface area contributed by atoms with Gasteiger partial charge in [0.1, 0.15) is 6.61 Å². The highest BCUT2D eigenvalue weighted by Crippen LogP contribution is 2.29. The minimum Gasteiger partial charge on any atom is -0.384 e. The summed E-state index contributed by atoms with van der Waals surface area (Å²) in [5.74, 6) is 5.72. The van der Waals surface area contributed by atoms with E-state index in [9.17, 15) is 4.79 Å². The van der Waals surface area contributed by atoms with Crippen LogP contribution in [0.1, 0.15) is 29.7 Å². The zero-order chi connectivity index (χ0) is 16.1. The van der Waals surface area contributed by atoms with Crippen molar-refractivity contribution in [3.8, 4) is 11.8 Å². The number of hydrogen-bond acceptors (Lipinski definition) is 5. The number of nitrogens with one attached hydrogen (secondary N) is 1. The van der Waals surface area contributed by atoms with Crippen LogP contribution < -0.4 is 5.32 Å². The topological polar surface area (TPSA) is 61.8 Å². The second-order valence-corrected chi connectivity index (χ2v) is 7.09. The standard InChI is InChI=1S/C17H22N2O3S/c20-8-1-2-14-10-15(23-12-14)11-19-6-4-17(5-7-19)13-18-16(21)3-9-22-17/h10,12,20H,3-9,11,13H2,(H,18,21). The molecule has 3 rings (SSSR count). The van der Waals surface area contributed by atoms with E-state index in [1.165, 1.54) is 4.88 Å². The summed E-state index contributed by atoms with van der Waals surface area (Å²) in [6, 6.07) is 2.10. The van der Waals surface area contributed by atoms with E-state index in [-0.39, 0.29) is 18.1 Å². The van der Waals surface area contributed by atoms with Crippen molar-refractivity contribution in [1.29, 1.82) is 0 Å². The number of aliphatic hydroxyl groups is 1. The SMILES string of the molecule is O=C1CCOC2(CCN(Cc3cc(C#CCO)cs3)CC2)CN1. The van der Waals surface area contributed by atoms with Gasteiger partial charge >= 0.3 is 0 Å². The Balaban J connectivity index is 1.52. The van der Waals surface area contributed by atoms with Gasteiger partial charge in [-0.15, -0.1) is 11.3 Å².